The fourth-order valence-electron chi connectivity index (χ4n) is 2.41. The second-order valence-corrected chi connectivity index (χ2v) is 6.91. The van der Waals surface area contributed by atoms with Crippen molar-refractivity contribution in [2.45, 2.75) is 19.0 Å². The van der Waals surface area contributed by atoms with Crippen LogP contribution in [0.15, 0.2) is 24.3 Å². The summed E-state index contributed by atoms with van der Waals surface area (Å²) in [5.41, 5.74) is -1.40. The van der Waals surface area contributed by atoms with Gasteiger partial charge in [0.2, 0.25) is 10.0 Å². The Hall–Kier alpha value is -1.28. The minimum atomic E-state index is -4.59. The summed E-state index contributed by atoms with van der Waals surface area (Å²) in [5, 5.41) is 3.08. The topological polar surface area (TPSA) is 58.2 Å². The lowest BCUT2D eigenvalue weighted by molar-refractivity contribution is -0.136. The lowest BCUT2D eigenvalue weighted by atomic mass is 10.0. The first-order valence-electron chi connectivity index (χ1n) is 6.65. The van der Waals surface area contributed by atoms with Gasteiger partial charge in [0.25, 0.3) is 0 Å². The van der Waals surface area contributed by atoms with Crippen LogP contribution in [-0.4, -0.2) is 27.3 Å². The molecule has 0 aromatic heterocycles. The van der Waals surface area contributed by atoms with Crippen LogP contribution in [0.25, 0.3) is 0 Å². The molecule has 0 radical (unpaired) electrons. The number of rotatable bonds is 4. The number of alkyl halides is 3. The van der Waals surface area contributed by atoms with Crippen LogP contribution >= 0.6 is 0 Å². The van der Waals surface area contributed by atoms with Crippen LogP contribution in [0.3, 0.4) is 0 Å². The van der Waals surface area contributed by atoms with Gasteiger partial charge >= 0.3 is 6.18 Å². The van der Waals surface area contributed by atoms with E-state index in [0.29, 0.717) is 6.54 Å². The number of hydrogen-bond acceptors (Lipinski definition) is 3. The number of sulfonamides is 1. The van der Waals surface area contributed by atoms with Crippen molar-refractivity contribution < 1.29 is 21.6 Å². The summed E-state index contributed by atoms with van der Waals surface area (Å²) < 4.78 is 64.7. The lowest BCUT2D eigenvalue weighted by Crippen LogP contribution is -2.35. The van der Waals surface area contributed by atoms with Gasteiger partial charge < -0.3 is 5.32 Å². The Kier molecular flexibility index (Phi) is 4.77. The Bertz CT molecular complexity index is 581. The van der Waals surface area contributed by atoms with Crippen molar-refractivity contribution in [3.05, 3.63) is 29.8 Å². The SMILES string of the molecule is O=S(=O)(CC1CCCNC1)Nc1ccccc1C(F)(F)F. The normalized spacial score (nSPS) is 20.2. The van der Waals surface area contributed by atoms with Gasteiger partial charge in [-0.2, -0.15) is 13.2 Å². The van der Waals surface area contributed by atoms with Crippen LogP contribution in [0.2, 0.25) is 0 Å². The fourth-order valence-corrected chi connectivity index (χ4v) is 3.91. The number of nitrogens with one attached hydrogen (secondary N) is 2. The largest absolute Gasteiger partial charge is 0.418 e. The highest BCUT2D eigenvalue weighted by molar-refractivity contribution is 7.92. The Morgan fingerprint density at radius 3 is 2.62 bits per heavy atom. The minimum absolute atomic E-state index is 0.0747. The molecule has 2 rings (SSSR count). The van der Waals surface area contributed by atoms with Crippen LogP contribution in [0, 0.1) is 5.92 Å². The number of para-hydroxylation sites is 1. The molecular weight excluding hydrogens is 305 g/mol. The second-order valence-electron chi connectivity index (χ2n) is 5.14. The zero-order valence-electron chi connectivity index (χ0n) is 11.3. The highest BCUT2D eigenvalue weighted by atomic mass is 32.2. The molecule has 8 heteroatoms. The van der Waals surface area contributed by atoms with Crippen molar-refractivity contribution in [1.29, 1.82) is 0 Å². The molecule has 0 amide bonds. The van der Waals surface area contributed by atoms with Gasteiger partial charge in [-0.05, 0) is 44.0 Å². The quantitative estimate of drug-likeness (QED) is 0.895. The first kappa shape index (κ1) is 16.1. The molecule has 1 aromatic rings. The molecule has 4 nitrogen and oxygen atoms in total. The van der Waals surface area contributed by atoms with E-state index in [0.717, 1.165) is 31.5 Å². The maximum Gasteiger partial charge on any atom is 0.418 e. The van der Waals surface area contributed by atoms with Gasteiger partial charge in [0.15, 0.2) is 0 Å². The predicted octanol–water partition coefficient (Wildman–Crippen LogP) is 2.45. The zero-order chi connectivity index (χ0) is 15.5. The molecule has 1 aliphatic heterocycles. The number of halogens is 3. The lowest BCUT2D eigenvalue weighted by Gasteiger charge is -2.23. The molecule has 1 atom stereocenters. The van der Waals surface area contributed by atoms with E-state index in [2.05, 4.69) is 10.0 Å². The summed E-state index contributed by atoms with van der Waals surface area (Å²) in [7, 11) is -3.81. The summed E-state index contributed by atoms with van der Waals surface area (Å²) >= 11 is 0. The van der Waals surface area contributed by atoms with Gasteiger partial charge in [-0.3, -0.25) is 4.72 Å². The third-order valence-corrected chi connectivity index (χ3v) is 4.79. The van der Waals surface area contributed by atoms with Gasteiger partial charge in [0.05, 0.1) is 17.0 Å². The molecule has 1 aliphatic rings. The highest BCUT2D eigenvalue weighted by Gasteiger charge is 2.34. The number of hydrogen-bond donors (Lipinski definition) is 2. The average Bonchev–Trinajstić information content (AvgIpc) is 2.38. The summed E-state index contributed by atoms with van der Waals surface area (Å²) in [6.45, 7) is 1.42. The number of benzene rings is 1. The van der Waals surface area contributed by atoms with E-state index in [-0.39, 0.29) is 11.7 Å². The molecule has 0 saturated carbocycles. The average molecular weight is 322 g/mol. The van der Waals surface area contributed by atoms with Gasteiger partial charge in [-0.15, -0.1) is 0 Å². The maximum atomic E-state index is 12.8. The first-order valence-corrected chi connectivity index (χ1v) is 8.30. The molecule has 21 heavy (non-hydrogen) atoms. The molecule has 1 unspecified atom stereocenters. The van der Waals surface area contributed by atoms with Gasteiger partial charge in [-0.25, -0.2) is 8.42 Å². The van der Waals surface area contributed by atoms with Crippen molar-refractivity contribution in [3.8, 4) is 0 Å². The maximum absolute atomic E-state index is 12.8. The Labute approximate surface area is 121 Å². The zero-order valence-corrected chi connectivity index (χ0v) is 12.1. The van der Waals surface area contributed by atoms with Crippen LogP contribution in [0.1, 0.15) is 18.4 Å². The van der Waals surface area contributed by atoms with E-state index in [1.54, 1.807) is 0 Å². The third kappa shape index (κ3) is 4.60. The van der Waals surface area contributed by atoms with Crippen molar-refractivity contribution >= 4 is 15.7 Å². The van der Waals surface area contributed by atoms with Crippen LogP contribution in [-0.2, 0) is 16.2 Å². The van der Waals surface area contributed by atoms with Gasteiger partial charge in [0, 0.05) is 0 Å². The number of anilines is 1. The molecule has 1 aromatic carbocycles. The van der Waals surface area contributed by atoms with E-state index in [4.69, 9.17) is 0 Å². The van der Waals surface area contributed by atoms with Crippen molar-refractivity contribution in [2.24, 2.45) is 5.92 Å². The predicted molar refractivity (Wildman–Crippen MR) is 74.4 cm³/mol. The summed E-state index contributed by atoms with van der Waals surface area (Å²) in [5.74, 6) is -0.249. The highest BCUT2D eigenvalue weighted by Crippen LogP contribution is 2.35. The minimum Gasteiger partial charge on any atom is -0.316 e. The molecule has 0 bridgehead atoms. The van der Waals surface area contributed by atoms with Crippen LogP contribution < -0.4 is 10.0 Å². The van der Waals surface area contributed by atoms with E-state index < -0.39 is 27.5 Å². The van der Waals surface area contributed by atoms with Crippen LogP contribution in [0.4, 0.5) is 18.9 Å². The van der Waals surface area contributed by atoms with E-state index in [1.807, 2.05) is 0 Å². The first-order chi connectivity index (χ1) is 9.78. The third-order valence-electron chi connectivity index (χ3n) is 3.35. The standard InChI is InChI=1S/C13H17F3N2O2S/c14-13(15,16)11-5-1-2-6-12(11)18-21(19,20)9-10-4-3-7-17-8-10/h1-2,5-6,10,17-18H,3-4,7-9H2. The smallest absolute Gasteiger partial charge is 0.316 e. The van der Waals surface area contributed by atoms with E-state index in [9.17, 15) is 21.6 Å². The van der Waals surface area contributed by atoms with Gasteiger partial charge in [0.1, 0.15) is 0 Å². The van der Waals surface area contributed by atoms with Crippen molar-refractivity contribution in [1.82, 2.24) is 5.32 Å². The molecule has 2 N–H and O–H groups in total. The molecule has 1 fully saturated rings. The van der Waals surface area contributed by atoms with Crippen molar-refractivity contribution in [2.75, 3.05) is 23.6 Å². The van der Waals surface area contributed by atoms with Gasteiger partial charge in [-0.1, -0.05) is 12.1 Å². The fraction of sp³-hybridized carbons (Fsp3) is 0.538. The second kappa shape index (κ2) is 6.23. The Balaban J connectivity index is 2.13. The molecule has 1 heterocycles. The Morgan fingerprint density at radius 2 is 2.00 bits per heavy atom. The molecule has 1 saturated heterocycles. The molecule has 0 spiro atoms. The molecular formula is C13H17F3N2O2S. The van der Waals surface area contributed by atoms with E-state index >= 15 is 0 Å². The van der Waals surface area contributed by atoms with Crippen molar-refractivity contribution in [3.63, 3.8) is 0 Å². The van der Waals surface area contributed by atoms with E-state index in [1.165, 1.54) is 12.1 Å². The van der Waals surface area contributed by atoms with Crippen LogP contribution in [0.5, 0.6) is 0 Å². The Morgan fingerprint density at radius 1 is 1.29 bits per heavy atom. The molecule has 0 aliphatic carbocycles. The monoisotopic (exact) mass is 322 g/mol. The summed E-state index contributed by atoms with van der Waals surface area (Å²) in [6.07, 6.45) is -2.96. The summed E-state index contributed by atoms with van der Waals surface area (Å²) in [6, 6.07) is 4.58. The summed E-state index contributed by atoms with van der Waals surface area (Å²) in [4.78, 5) is 0. The molecule has 118 valence electrons. The number of piperidine rings is 1.